The first kappa shape index (κ1) is 38.0. The third-order valence-electron chi connectivity index (χ3n) is 8.97. The molecule has 2 aliphatic heterocycles. The van der Waals surface area contributed by atoms with Crippen molar-refractivity contribution in [2.75, 3.05) is 47.5 Å². The van der Waals surface area contributed by atoms with Crippen LogP contribution in [0, 0.1) is 5.92 Å². The van der Waals surface area contributed by atoms with Gasteiger partial charge in [0.2, 0.25) is 23.6 Å². The molecule has 5 amide bonds. The van der Waals surface area contributed by atoms with Crippen LogP contribution in [0.1, 0.15) is 68.3 Å². The summed E-state index contributed by atoms with van der Waals surface area (Å²) in [6.45, 7) is 4.73. The number of methoxy groups -OCH3 is 2. The minimum atomic E-state index is -1.02. The van der Waals surface area contributed by atoms with Gasteiger partial charge in [-0.1, -0.05) is 32.0 Å². The number of hydrogen-bond donors (Lipinski definition) is 3. The van der Waals surface area contributed by atoms with Gasteiger partial charge in [-0.05, 0) is 74.3 Å². The molecule has 0 radical (unpaired) electrons. The smallest absolute Gasteiger partial charge is 0.255 e. The topological polar surface area (TPSA) is 156 Å². The zero-order valence-corrected chi connectivity index (χ0v) is 29.8. The molecule has 3 atom stereocenters. The maximum absolute atomic E-state index is 13.7. The molecule has 0 saturated carbocycles. The lowest BCUT2D eigenvalue weighted by atomic mass is 10.0. The first-order valence-corrected chi connectivity index (χ1v) is 17.4. The van der Waals surface area contributed by atoms with Gasteiger partial charge in [0.25, 0.3) is 5.91 Å². The average Bonchev–Trinajstić information content (AvgIpc) is 3.59. The molecule has 50 heavy (non-hydrogen) atoms. The number of carbonyl (C=O) groups is 5. The first-order chi connectivity index (χ1) is 24.0. The summed E-state index contributed by atoms with van der Waals surface area (Å²) in [6.07, 6.45) is 2.99. The molecular weight excluding hydrogens is 642 g/mol. The summed E-state index contributed by atoms with van der Waals surface area (Å²) in [4.78, 5) is 70.1. The summed E-state index contributed by atoms with van der Waals surface area (Å²) in [5.74, 6) is -0.0999. The van der Waals surface area contributed by atoms with Gasteiger partial charge in [0, 0.05) is 26.6 Å². The highest BCUT2D eigenvalue weighted by molar-refractivity contribution is 6.00. The van der Waals surface area contributed by atoms with Crippen molar-refractivity contribution < 1.29 is 38.2 Å². The lowest BCUT2D eigenvalue weighted by Gasteiger charge is -2.29. The molecule has 272 valence electrons. The highest BCUT2D eigenvalue weighted by atomic mass is 16.5. The third-order valence-corrected chi connectivity index (χ3v) is 8.97. The molecule has 2 heterocycles. The molecule has 2 aromatic carbocycles. The Kier molecular flexibility index (Phi) is 13.9. The highest BCUT2D eigenvalue weighted by Crippen LogP contribution is 2.28. The van der Waals surface area contributed by atoms with Crippen molar-refractivity contribution in [1.82, 2.24) is 25.8 Å². The fraction of sp³-hybridized carbons (Fsp3) is 0.541. The van der Waals surface area contributed by atoms with E-state index < -0.39 is 23.9 Å². The molecule has 1 saturated heterocycles. The molecule has 0 bridgehead atoms. The predicted molar refractivity (Wildman–Crippen MR) is 187 cm³/mol. The van der Waals surface area contributed by atoms with Crippen LogP contribution in [0.2, 0.25) is 0 Å². The van der Waals surface area contributed by atoms with Crippen molar-refractivity contribution in [1.29, 1.82) is 0 Å². The number of carbonyl (C=O) groups excluding carboxylic acids is 5. The molecule has 13 nitrogen and oxygen atoms in total. The standard InChI is InChI=1S/C37H51N5O8/c1-24(2)20-26-23-50-30-13-7-6-11-27(30)35(45)40-28(36(46)38-18-8-10-25-14-16-31(48-4)32(21-25)49-5)15-17-34(44)42-19-9-12-29(42)37(47)41(3)22-33(43)39-26/h6-7,11,13-14,16,21,24,26,28-29H,8-10,12,15,17-20,22-23H2,1-5H3,(H,38,46)(H,39,43)(H,40,45)/t26-,28-,29+/m0/s1. The van der Waals surface area contributed by atoms with Crippen LogP contribution >= 0.6 is 0 Å². The number of aryl methyl sites for hydroxylation is 1. The van der Waals surface area contributed by atoms with Gasteiger partial charge in [-0.2, -0.15) is 0 Å². The summed E-state index contributed by atoms with van der Waals surface area (Å²) < 4.78 is 16.8. The Labute approximate surface area is 294 Å². The van der Waals surface area contributed by atoms with E-state index in [1.807, 2.05) is 32.0 Å². The lowest BCUT2D eigenvalue weighted by molar-refractivity contribution is -0.144. The minimum absolute atomic E-state index is 0.0290. The van der Waals surface area contributed by atoms with Gasteiger partial charge < -0.3 is 40.0 Å². The Balaban J connectivity index is 1.53. The fourth-order valence-electron chi connectivity index (χ4n) is 6.43. The fourth-order valence-corrected chi connectivity index (χ4v) is 6.43. The average molecular weight is 694 g/mol. The largest absolute Gasteiger partial charge is 0.493 e. The quantitative estimate of drug-likeness (QED) is 0.339. The van der Waals surface area contributed by atoms with Gasteiger partial charge in [-0.25, -0.2) is 0 Å². The third kappa shape index (κ3) is 10.3. The van der Waals surface area contributed by atoms with E-state index in [2.05, 4.69) is 16.0 Å². The van der Waals surface area contributed by atoms with Gasteiger partial charge in [0.1, 0.15) is 24.4 Å². The number of benzene rings is 2. The van der Waals surface area contributed by atoms with Gasteiger partial charge >= 0.3 is 0 Å². The molecule has 0 spiro atoms. The van der Waals surface area contributed by atoms with Crippen LogP contribution in [0.3, 0.4) is 0 Å². The maximum Gasteiger partial charge on any atom is 0.255 e. The van der Waals surface area contributed by atoms with E-state index in [0.717, 1.165) is 5.56 Å². The van der Waals surface area contributed by atoms with Crippen molar-refractivity contribution in [3.05, 3.63) is 53.6 Å². The molecule has 3 N–H and O–H groups in total. The van der Waals surface area contributed by atoms with Crippen LogP contribution in [0.5, 0.6) is 17.2 Å². The first-order valence-electron chi connectivity index (χ1n) is 17.4. The van der Waals surface area contributed by atoms with Crippen molar-refractivity contribution >= 4 is 29.5 Å². The van der Waals surface area contributed by atoms with Crippen LogP contribution in [-0.4, -0.2) is 105 Å². The SMILES string of the molecule is COc1ccc(CCCNC(=O)[C@@H]2CCC(=O)N3CCC[C@@H]3C(=O)N(C)CC(=O)N[C@@H](CC(C)C)COc3ccccc3C(=O)N2)cc1OC. The second-order valence-corrected chi connectivity index (χ2v) is 13.3. The maximum atomic E-state index is 13.7. The van der Waals surface area contributed by atoms with Crippen LogP contribution in [-0.2, 0) is 25.6 Å². The number of para-hydroxylation sites is 1. The number of amides is 5. The van der Waals surface area contributed by atoms with Crippen molar-refractivity contribution in [2.45, 2.75) is 76.9 Å². The molecule has 0 aromatic heterocycles. The van der Waals surface area contributed by atoms with E-state index in [1.54, 1.807) is 45.5 Å². The second kappa shape index (κ2) is 18.3. The Morgan fingerprint density at radius 2 is 1.78 bits per heavy atom. The van der Waals surface area contributed by atoms with E-state index in [1.165, 1.54) is 9.80 Å². The van der Waals surface area contributed by atoms with Gasteiger partial charge in [-0.3, -0.25) is 24.0 Å². The van der Waals surface area contributed by atoms with Gasteiger partial charge in [0.15, 0.2) is 11.5 Å². The monoisotopic (exact) mass is 693 g/mol. The lowest BCUT2D eigenvalue weighted by Crippen LogP contribution is -2.51. The molecule has 2 aliphatic rings. The van der Waals surface area contributed by atoms with Crippen molar-refractivity contribution in [2.24, 2.45) is 5.92 Å². The predicted octanol–water partition coefficient (Wildman–Crippen LogP) is 2.70. The minimum Gasteiger partial charge on any atom is -0.493 e. The molecule has 2 aromatic rings. The number of hydrogen-bond acceptors (Lipinski definition) is 8. The molecule has 13 heteroatoms. The Bertz CT molecular complexity index is 1510. The summed E-state index contributed by atoms with van der Waals surface area (Å²) in [5.41, 5.74) is 1.24. The summed E-state index contributed by atoms with van der Waals surface area (Å²) >= 11 is 0. The van der Waals surface area contributed by atoms with Crippen molar-refractivity contribution in [3.8, 4) is 17.2 Å². The Morgan fingerprint density at radius 1 is 1.02 bits per heavy atom. The molecule has 0 unspecified atom stereocenters. The number of fused-ring (bicyclic) bond motifs is 2. The number of nitrogens with zero attached hydrogens (tertiary/aromatic N) is 2. The molecule has 1 fully saturated rings. The van der Waals surface area contributed by atoms with Gasteiger partial charge in [0.05, 0.1) is 32.4 Å². The summed E-state index contributed by atoms with van der Waals surface area (Å²) in [5, 5.41) is 8.73. The zero-order valence-electron chi connectivity index (χ0n) is 29.8. The number of likely N-dealkylation sites (N-methyl/N-ethyl adjacent to an activating group) is 1. The highest BCUT2D eigenvalue weighted by Gasteiger charge is 2.37. The Hall–Kier alpha value is -4.81. The second-order valence-electron chi connectivity index (χ2n) is 13.3. The van der Waals surface area contributed by atoms with Crippen LogP contribution in [0.4, 0.5) is 0 Å². The number of nitrogens with one attached hydrogen (secondary N) is 3. The number of ether oxygens (including phenoxy) is 3. The normalized spacial score (nSPS) is 20.9. The van der Waals surface area contributed by atoms with Crippen LogP contribution in [0.25, 0.3) is 0 Å². The van der Waals surface area contributed by atoms with E-state index in [-0.39, 0.29) is 61.2 Å². The van der Waals surface area contributed by atoms with Crippen molar-refractivity contribution in [3.63, 3.8) is 0 Å². The van der Waals surface area contributed by atoms with Crippen LogP contribution in [0.15, 0.2) is 42.5 Å². The molecule has 0 aliphatic carbocycles. The summed E-state index contributed by atoms with van der Waals surface area (Å²) in [7, 11) is 4.71. The van der Waals surface area contributed by atoms with E-state index >= 15 is 0 Å². The molecule has 4 rings (SSSR count). The summed E-state index contributed by atoms with van der Waals surface area (Å²) in [6, 6.07) is 10.3. The van der Waals surface area contributed by atoms with E-state index in [4.69, 9.17) is 14.2 Å². The van der Waals surface area contributed by atoms with Crippen LogP contribution < -0.4 is 30.2 Å². The number of rotatable bonds is 9. The zero-order chi connectivity index (χ0) is 36.2. The molecular formula is C37H51N5O8. The Morgan fingerprint density at radius 3 is 2.52 bits per heavy atom. The van der Waals surface area contributed by atoms with E-state index in [0.29, 0.717) is 62.4 Å². The van der Waals surface area contributed by atoms with E-state index in [9.17, 15) is 24.0 Å². The van der Waals surface area contributed by atoms with Gasteiger partial charge in [-0.15, -0.1) is 0 Å².